The number of halogens is 1. The predicted molar refractivity (Wildman–Crippen MR) is 102 cm³/mol. The average molecular weight is 380 g/mol. The van der Waals surface area contributed by atoms with E-state index in [1.54, 1.807) is 11.3 Å². The molecule has 3 fully saturated rings. The third-order valence-electron chi connectivity index (χ3n) is 5.62. The van der Waals surface area contributed by atoms with E-state index in [1.165, 1.54) is 37.2 Å². The van der Waals surface area contributed by atoms with E-state index in [4.69, 9.17) is 11.6 Å². The van der Waals surface area contributed by atoms with Crippen molar-refractivity contribution in [2.75, 3.05) is 19.6 Å². The molecule has 0 saturated carbocycles. The molecule has 7 heteroatoms. The van der Waals surface area contributed by atoms with Crippen molar-refractivity contribution in [1.82, 2.24) is 24.6 Å². The van der Waals surface area contributed by atoms with Crippen molar-refractivity contribution in [3.05, 3.63) is 33.0 Å². The number of aryl methyl sites for hydroxylation is 2. The maximum Gasteiger partial charge on any atom is 0.131 e. The Labute approximate surface area is 158 Å². The topological polar surface area (TPSA) is 37.2 Å². The second-order valence-electron chi connectivity index (χ2n) is 7.39. The van der Waals surface area contributed by atoms with E-state index in [9.17, 15) is 0 Å². The molecule has 2 bridgehead atoms. The fraction of sp³-hybridized carbons (Fsp3) is 0.667. The van der Waals surface area contributed by atoms with E-state index in [1.807, 2.05) is 17.2 Å². The Morgan fingerprint density at radius 2 is 2.12 bits per heavy atom. The van der Waals surface area contributed by atoms with Gasteiger partial charge in [0.05, 0.1) is 16.9 Å². The van der Waals surface area contributed by atoms with Gasteiger partial charge in [-0.2, -0.15) is 5.10 Å². The summed E-state index contributed by atoms with van der Waals surface area (Å²) in [6, 6.07) is 0.610. The van der Waals surface area contributed by atoms with Gasteiger partial charge in [0.1, 0.15) is 5.15 Å². The summed E-state index contributed by atoms with van der Waals surface area (Å²) >= 11 is 8.22. The minimum atomic E-state index is 0.610. The highest BCUT2D eigenvalue weighted by molar-refractivity contribution is 7.07. The second-order valence-corrected chi connectivity index (χ2v) is 8.47. The van der Waals surface area contributed by atoms with Crippen molar-refractivity contribution in [3.8, 4) is 0 Å². The van der Waals surface area contributed by atoms with Crippen LogP contribution < -0.4 is 0 Å². The molecular weight excluding hydrogens is 354 g/mol. The molecule has 0 spiro atoms. The molecule has 5 rings (SSSR count). The summed E-state index contributed by atoms with van der Waals surface area (Å²) in [5.41, 5.74) is 5.52. The standard InChI is InChI=1S/C18H26ClN5S/c1-3-17-16(18(19)22(2)21-17)10-24-7-13-4-5-15(24)9-23(6-13)8-14-11-25-12-20-14/h11-13,15H,3-10H2,1-2H3. The molecule has 0 aliphatic carbocycles. The smallest absolute Gasteiger partial charge is 0.131 e. The van der Waals surface area contributed by atoms with Gasteiger partial charge in [0, 0.05) is 56.8 Å². The maximum atomic E-state index is 6.53. The van der Waals surface area contributed by atoms with Crippen LogP contribution in [-0.2, 0) is 26.6 Å². The molecule has 0 aromatic carbocycles. The molecule has 0 N–H and O–H groups in total. The second kappa shape index (κ2) is 7.35. The van der Waals surface area contributed by atoms with Gasteiger partial charge in [-0.15, -0.1) is 11.3 Å². The third kappa shape index (κ3) is 3.63. The molecule has 2 unspecified atom stereocenters. The Balaban J connectivity index is 1.49. The molecule has 25 heavy (non-hydrogen) atoms. The monoisotopic (exact) mass is 379 g/mol. The van der Waals surface area contributed by atoms with E-state index in [0.717, 1.165) is 42.8 Å². The van der Waals surface area contributed by atoms with Gasteiger partial charge in [0.25, 0.3) is 0 Å². The fourth-order valence-electron chi connectivity index (χ4n) is 4.39. The lowest BCUT2D eigenvalue weighted by Crippen LogP contribution is -2.43. The highest BCUT2D eigenvalue weighted by Gasteiger charge is 2.35. The first-order valence-corrected chi connectivity index (χ1v) is 10.5. The number of rotatable bonds is 5. The Kier molecular flexibility index (Phi) is 5.13. The number of aromatic nitrogens is 3. The predicted octanol–water partition coefficient (Wildman–Crippen LogP) is 3.19. The van der Waals surface area contributed by atoms with E-state index in [2.05, 4.69) is 32.2 Å². The van der Waals surface area contributed by atoms with Crippen molar-refractivity contribution in [1.29, 1.82) is 0 Å². The molecule has 5 heterocycles. The normalized spacial score (nSPS) is 24.8. The Hall–Kier alpha value is -0.950. The zero-order valence-electron chi connectivity index (χ0n) is 15.0. The Bertz CT molecular complexity index is 713. The quantitative estimate of drug-likeness (QED) is 0.799. The summed E-state index contributed by atoms with van der Waals surface area (Å²) in [5, 5.41) is 7.56. The molecule has 5 nitrogen and oxygen atoms in total. The number of nitrogens with zero attached hydrogens (tertiary/aromatic N) is 5. The van der Waals surface area contributed by atoms with Crippen molar-refractivity contribution in [3.63, 3.8) is 0 Å². The molecule has 3 saturated heterocycles. The van der Waals surface area contributed by atoms with E-state index < -0.39 is 0 Å². The first-order valence-electron chi connectivity index (χ1n) is 9.17. The molecule has 2 aromatic rings. The first-order chi connectivity index (χ1) is 12.1. The lowest BCUT2D eigenvalue weighted by atomic mass is 9.94. The number of piperidine rings is 1. The van der Waals surface area contributed by atoms with E-state index in [-0.39, 0.29) is 0 Å². The molecule has 0 amide bonds. The van der Waals surface area contributed by atoms with Crippen molar-refractivity contribution >= 4 is 22.9 Å². The highest BCUT2D eigenvalue weighted by Crippen LogP contribution is 2.32. The van der Waals surface area contributed by atoms with Crippen LogP contribution in [-0.4, -0.2) is 50.2 Å². The maximum absolute atomic E-state index is 6.53. The SMILES string of the molecule is CCc1nn(C)c(Cl)c1CN1CC2CCC1CN(Cc1cscn1)C2. The van der Waals surface area contributed by atoms with E-state index >= 15 is 0 Å². The van der Waals surface area contributed by atoms with Crippen molar-refractivity contribution in [2.24, 2.45) is 13.0 Å². The van der Waals surface area contributed by atoms with Gasteiger partial charge >= 0.3 is 0 Å². The summed E-state index contributed by atoms with van der Waals surface area (Å²) in [6.07, 6.45) is 3.57. The first kappa shape index (κ1) is 17.5. The van der Waals surface area contributed by atoms with Crippen LogP contribution in [0.5, 0.6) is 0 Å². The zero-order chi connectivity index (χ0) is 17.4. The molecule has 3 aliphatic rings. The van der Waals surface area contributed by atoms with Crippen LogP contribution in [0.4, 0.5) is 0 Å². The molecular formula is C18H26ClN5S. The number of hydrogen-bond donors (Lipinski definition) is 0. The van der Waals surface area contributed by atoms with Gasteiger partial charge in [0.2, 0.25) is 0 Å². The van der Waals surface area contributed by atoms with Crippen LogP contribution in [0.2, 0.25) is 5.15 Å². The van der Waals surface area contributed by atoms with Crippen LogP contribution in [0.1, 0.15) is 36.7 Å². The van der Waals surface area contributed by atoms with Gasteiger partial charge in [-0.25, -0.2) is 4.98 Å². The minimum Gasteiger partial charge on any atom is -0.296 e. The Morgan fingerprint density at radius 1 is 1.24 bits per heavy atom. The number of thiazole rings is 1. The third-order valence-corrected chi connectivity index (χ3v) is 6.73. The van der Waals surface area contributed by atoms with Gasteiger partial charge < -0.3 is 0 Å². The van der Waals surface area contributed by atoms with Gasteiger partial charge in [-0.3, -0.25) is 14.5 Å². The largest absolute Gasteiger partial charge is 0.296 e. The summed E-state index contributed by atoms with van der Waals surface area (Å²) < 4.78 is 1.82. The van der Waals surface area contributed by atoms with Gasteiger partial charge in [0.15, 0.2) is 0 Å². The lowest BCUT2D eigenvalue weighted by Gasteiger charge is -2.36. The molecule has 3 aliphatic heterocycles. The minimum absolute atomic E-state index is 0.610. The molecule has 2 atom stereocenters. The molecule has 136 valence electrons. The van der Waals surface area contributed by atoms with Crippen molar-refractivity contribution < 1.29 is 0 Å². The summed E-state index contributed by atoms with van der Waals surface area (Å²) in [4.78, 5) is 9.72. The number of hydrogen-bond acceptors (Lipinski definition) is 5. The zero-order valence-corrected chi connectivity index (χ0v) is 16.6. The highest BCUT2D eigenvalue weighted by atomic mass is 35.5. The van der Waals surface area contributed by atoms with Crippen LogP contribution in [0.15, 0.2) is 10.9 Å². The number of fused-ring (bicyclic) bond motifs is 4. The van der Waals surface area contributed by atoms with Gasteiger partial charge in [-0.05, 0) is 25.2 Å². The summed E-state index contributed by atoms with van der Waals surface area (Å²) in [5.74, 6) is 0.748. The van der Waals surface area contributed by atoms with Crippen LogP contribution in [0.3, 0.4) is 0 Å². The average Bonchev–Trinajstić information content (AvgIpc) is 3.09. The van der Waals surface area contributed by atoms with Gasteiger partial charge in [-0.1, -0.05) is 18.5 Å². The lowest BCUT2D eigenvalue weighted by molar-refractivity contribution is 0.123. The molecule has 0 radical (unpaired) electrons. The van der Waals surface area contributed by atoms with Crippen LogP contribution >= 0.6 is 22.9 Å². The Morgan fingerprint density at radius 3 is 2.88 bits per heavy atom. The fourth-order valence-corrected chi connectivity index (χ4v) is 5.14. The van der Waals surface area contributed by atoms with Crippen LogP contribution in [0, 0.1) is 5.92 Å². The summed E-state index contributed by atoms with van der Waals surface area (Å²) in [7, 11) is 1.94. The molecule has 2 aromatic heterocycles. The van der Waals surface area contributed by atoms with E-state index in [0.29, 0.717) is 6.04 Å². The summed E-state index contributed by atoms with van der Waals surface area (Å²) in [6.45, 7) is 7.57. The van der Waals surface area contributed by atoms with Crippen LogP contribution in [0.25, 0.3) is 0 Å². The van der Waals surface area contributed by atoms with Crippen molar-refractivity contribution in [2.45, 2.75) is 45.3 Å².